The van der Waals surface area contributed by atoms with Gasteiger partial charge in [-0.05, 0) is 6.07 Å². The number of carbonyl (C=O) groups is 1. The molecule has 0 spiro atoms. The maximum absolute atomic E-state index is 12.0. The number of hydrogen-bond acceptors (Lipinski definition) is 3. The summed E-state index contributed by atoms with van der Waals surface area (Å²) >= 11 is 0. The fourth-order valence-corrected chi connectivity index (χ4v) is 1.41. The summed E-state index contributed by atoms with van der Waals surface area (Å²) in [5, 5.41) is 1.77. The number of nitrogens with one attached hydrogen (secondary N) is 1. The van der Waals surface area contributed by atoms with Gasteiger partial charge in [0.15, 0.2) is 11.5 Å². The zero-order valence-corrected chi connectivity index (χ0v) is 8.50. The molecule has 2 rings (SSSR count). The van der Waals surface area contributed by atoms with Crippen molar-refractivity contribution in [1.82, 2.24) is 5.32 Å². The molecule has 1 N–H and O–H groups in total. The van der Waals surface area contributed by atoms with E-state index >= 15 is 0 Å². The predicted octanol–water partition coefficient (Wildman–Crippen LogP) is 1.59. The van der Waals surface area contributed by atoms with E-state index in [1.54, 1.807) is 23.5 Å². The minimum Gasteiger partial charge on any atom is -0.454 e. The van der Waals surface area contributed by atoms with Gasteiger partial charge in [-0.2, -0.15) is 13.2 Å². The van der Waals surface area contributed by atoms with Crippen LogP contribution in [0.2, 0.25) is 0 Å². The molecule has 0 aromatic heterocycles. The number of amides is 1. The highest BCUT2D eigenvalue weighted by atomic mass is 19.4. The van der Waals surface area contributed by atoms with Crippen LogP contribution in [-0.2, 0) is 11.3 Å². The second-order valence-corrected chi connectivity index (χ2v) is 3.33. The summed E-state index contributed by atoms with van der Waals surface area (Å²) in [6.07, 6.45) is -4.88. The Bertz CT molecular complexity index is 445. The van der Waals surface area contributed by atoms with Crippen molar-refractivity contribution in [1.29, 1.82) is 0 Å². The van der Waals surface area contributed by atoms with Gasteiger partial charge in [-0.15, -0.1) is 0 Å². The van der Waals surface area contributed by atoms with E-state index in [-0.39, 0.29) is 13.3 Å². The molecule has 0 unspecified atom stereocenters. The number of ether oxygens (including phenoxy) is 2. The van der Waals surface area contributed by atoms with Gasteiger partial charge in [0.1, 0.15) is 0 Å². The largest absolute Gasteiger partial charge is 0.471 e. The van der Waals surface area contributed by atoms with Crippen LogP contribution in [0.1, 0.15) is 5.56 Å². The summed E-state index contributed by atoms with van der Waals surface area (Å²) in [4.78, 5) is 10.6. The van der Waals surface area contributed by atoms with Gasteiger partial charge in [-0.3, -0.25) is 4.79 Å². The van der Waals surface area contributed by atoms with E-state index in [4.69, 9.17) is 9.47 Å². The third kappa shape index (κ3) is 2.43. The molecule has 1 aromatic rings. The lowest BCUT2D eigenvalue weighted by atomic mass is 10.2. The van der Waals surface area contributed by atoms with Gasteiger partial charge in [0.2, 0.25) is 6.79 Å². The molecular formula is C10H8F3NO3. The molecule has 1 aromatic carbocycles. The van der Waals surface area contributed by atoms with Crippen molar-refractivity contribution < 1.29 is 27.4 Å². The number of rotatable bonds is 2. The summed E-state index contributed by atoms with van der Waals surface area (Å²) in [6.45, 7) is -0.232. The summed E-state index contributed by atoms with van der Waals surface area (Å²) in [5.41, 5.74) is 0.442. The molecule has 0 radical (unpaired) electrons. The number of benzene rings is 1. The van der Waals surface area contributed by atoms with E-state index in [1.807, 2.05) is 0 Å². The van der Waals surface area contributed by atoms with Crippen LogP contribution < -0.4 is 14.8 Å². The Balaban J connectivity index is 2.06. The molecular weight excluding hydrogens is 239 g/mol. The fraction of sp³-hybridized carbons (Fsp3) is 0.300. The van der Waals surface area contributed by atoms with Gasteiger partial charge in [0.05, 0.1) is 0 Å². The second kappa shape index (κ2) is 4.15. The monoisotopic (exact) mass is 247 g/mol. The van der Waals surface area contributed by atoms with Crippen LogP contribution in [0.5, 0.6) is 11.5 Å². The number of carbonyl (C=O) groups excluding carboxylic acids is 1. The molecule has 0 atom stereocenters. The highest BCUT2D eigenvalue weighted by Crippen LogP contribution is 2.35. The van der Waals surface area contributed by atoms with Gasteiger partial charge < -0.3 is 14.8 Å². The fourth-order valence-electron chi connectivity index (χ4n) is 1.41. The SMILES string of the molecule is O=C(NCc1cccc2c1OCO2)C(F)(F)F. The van der Waals surface area contributed by atoms with Crippen molar-refractivity contribution in [3.8, 4) is 11.5 Å². The Morgan fingerprint density at radius 2 is 2.12 bits per heavy atom. The van der Waals surface area contributed by atoms with Crippen molar-refractivity contribution in [3.63, 3.8) is 0 Å². The normalized spacial score (nSPS) is 13.6. The van der Waals surface area contributed by atoms with Crippen LogP contribution in [0.25, 0.3) is 0 Å². The zero-order chi connectivity index (χ0) is 12.5. The maximum Gasteiger partial charge on any atom is 0.471 e. The van der Waals surface area contributed by atoms with Crippen molar-refractivity contribution in [3.05, 3.63) is 23.8 Å². The summed E-state index contributed by atoms with van der Waals surface area (Å²) in [7, 11) is 0. The van der Waals surface area contributed by atoms with Gasteiger partial charge in [-0.1, -0.05) is 12.1 Å². The first-order valence-electron chi connectivity index (χ1n) is 4.71. The van der Waals surface area contributed by atoms with Crippen molar-refractivity contribution in [2.75, 3.05) is 6.79 Å². The molecule has 7 heteroatoms. The quantitative estimate of drug-likeness (QED) is 0.863. The van der Waals surface area contributed by atoms with E-state index in [1.165, 1.54) is 0 Å². The second-order valence-electron chi connectivity index (χ2n) is 3.33. The molecule has 1 aliphatic rings. The van der Waals surface area contributed by atoms with E-state index in [2.05, 4.69) is 0 Å². The lowest BCUT2D eigenvalue weighted by molar-refractivity contribution is -0.173. The number of hydrogen-bond donors (Lipinski definition) is 1. The number of halogens is 3. The van der Waals surface area contributed by atoms with E-state index in [0.717, 1.165) is 0 Å². The Labute approximate surface area is 94.3 Å². The molecule has 1 heterocycles. The Hall–Kier alpha value is -1.92. The van der Waals surface area contributed by atoms with E-state index < -0.39 is 12.1 Å². The van der Waals surface area contributed by atoms with Crippen molar-refractivity contribution in [2.45, 2.75) is 12.7 Å². The molecule has 4 nitrogen and oxygen atoms in total. The van der Waals surface area contributed by atoms with Crippen LogP contribution in [0.3, 0.4) is 0 Å². The van der Waals surface area contributed by atoms with Crippen LogP contribution in [0.15, 0.2) is 18.2 Å². The Kier molecular flexibility index (Phi) is 2.83. The molecule has 1 amide bonds. The standard InChI is InChI=1S/C10H8F3NO3/c11-10(12,13)9(15)14-4-6-2-1-3-7-8(6)17-5-16-7/h1-3H,4-5H2,(H,14,15). The highest BCUT2D eigenvalue weighted by Gasteiger charge is 2.38. The van der Waals surface area contributed by atoms with E-state index in [9.17, 15) is 18.0 Å². The molecule has 0 aliphatic carbocycles. The van der Waals surface area contributed by atoms with Crippen LogP contribution in [0, 0.1) is 0 Å². The van der Waals surface area contributed by atoms with Crippen LogP contribution in [0.4, 0.5) is 13.2 Å². The first-order chi connectivity index (χ1) is 7.98. The first kappa shape index (κ1) is 11.6. The third-order valence-electron chi connectivity index (χ3n) is 2.18. The minimum atomic E-state index is -4.88. The van der Waals surface area contributed by atoms with Gasteiger partial charge in [0, 0.05) is 12.1 Å². The summed E-state index contributed by atoms with van der Waals surface area (Å²) in [5.74, 6) is -1.15. The molecule has 92 valence electrons. The van der Waals surface area contributed by atoms with Gasteiger partial charge >= 0.3 is 12.1 Å². The number of alkyl halides is 3. The Morgan fingerprint density at radius 1 is 1.35 bits per heavy atom. The predicted molar refractivity (Wildman–Crippen MR) is 50.5 cm³/mol. The van der Waals surface area contributed by atoms with Gasteiger partial charge in [-0.25, -0.2) is 0 Å². The maximum atomic E-state index is 12.0. The smallest absolute Gasteiger partial charge is 0.454 e. The average molecular weight is 247 g/mol. The van der Waals surface area contributed by atoms with Crippen LogP contribution in [-0.4, -0.2) is 18.9 Å². The third-order valence-corrected chi connectivity index (χ3v) is 2.18. The molecule has 0 bridgehead atoms. The van der Waals surface area contributed by atoms with Crippen molar-refractivity contribution >= 4 is 5.91 Å². The zero-order valence-electron chi connectivity index (χ0n) is 8.50. The molecule has 17 heavy (non-hydrogen) atoms. The lowest BCUT2D eigenvalue weighted by Crippen LogP contribution is -2.36. The van der Waals surface area contributed by atoms with Crippen molar-refractivity contribution in [2.24, 2.45) is 0 Å². The minimum absolute atomic E-state index is 0.0273. The number of fused-ring (bicyclic) bond motifs is 1. The molecule has 0 fully saturated rings. The average Bonchev–Trinajstić information content (AvgIpc) is 2.72. The first-order valence-corrected chi connectivity index (χ1v) is 4.71. The van der Waals surface area contributed by atoms with Gasteiger partial charge in [0.25, 0.3) is 0 Å². The Morgan fingerprint density at radius 3 is 2.82 bits per heavy atom. The van der Waals surface area contributed by atoms with E-state index in [0.29, 0.717) is 17.1 Å². The topological polar surface area (TPSA) is 47.6 Å². The van der Waals surface area contributed by atoms with Crippen LogP contribution >= 0.6 is 0 Å². The summed E-state index contributed by atoms with van der Waals surface area (Å²) in [6, 6.07) is 4.81. The molecule has 0 saturated carbocycles. The number of para-hydroxylation sites is 1. The highest BCUT2D eigenvalue weighted by molar-refractivity contribution is 5.81. The summed E-state index contributed by atoms with van der Waals surface area (Å²) < 4.78 is 46.0. The lowest BCUT2D eigenvalue weighted by Gasteiger charge is -2.09. The molecule has 0 saturated heterocycles. The molecule has 1 aliphatic heterocycles.